The highest BCUT2D eigenvalue weighted by molar-refractivity contribution is 5.58. The number of nitro groups is 1. The van der Waals surface area contributed by atoms with Gasteiger partial charge in [0, 0.05) is 6.07 Å². The molecule has 1 aromatic carbocycles. The molecule has 0 aliphatic heterocycles. The Labute approximate surface area is 88.7 Å². The number of hydrogen-bond donors (Lipinski definition) is 1. The van der Waals surface area contributed by atoms with Gasteiger partial charge in [-0.2, -0.15) is 5.10 Å². The first-order valence-corrected chi connectivity index (χ1v) is 4.26. The Morgan fingerprint density at radius 3 is 2.81 bits per heavy atom. The molecular weight excluding hydrogens is 217 g/mol. The predicted octanol–water partition coefficient (Wildman–Crippen LogP) is 1.63. The Bertz CT molecular complexity index is 553. The summed E-state index contributed by atoms with van der Waals surface area (Å²) in [5.74, 6) is -1.14. The lowest BCUT2D eigenvalue weighted by Gasteiger charge is -2.03. The Balaban J connectivity index is 2.58. The van der Waals surface area contributed by atoms with E-state index in [0.717, 1.165) is 23.1 Å². The maximum absolute atomic E-state index is 12.7. The maximum Gasteiger partial charge on any atom is 0.313 e. The molecule has 0 radical (unpaired) electrons. The molecule has 0 atom stereocenters. The minimum atomic E-state index is -0.724. The Hall–Kier alpha value is -2.44. The molecule has 2 rings (SSSR count). The second-order valence-corrected chi connectivity index (χ2v) is 3.01. The average molecular weight is 223 g/mol. The van der Waals surface area contributed by atoms with Crippen molar-refractivity contribution < 1.29 is 14.4 Å². The van der Waals surface area contributed by atoms with Crippen LogP contribution in [0.1, 0.15) is 0 Å². The zero-order valence-electron chi connectivity index (χ0n) is 7.87. The van der Waals surface area contributed by atoms with Crippen molar-refractivity contribution in [3.05, 3.63) is 46.5 Å². The quantitative estimate of drug-likeness (QED) is 0.619. The minimum Gasteiger partial charge on any atom is -0.501 e. The van der Waals surface area contributed by atoms with E-state index in [-0.39, 0.29) is 5.69 Å². The summed E-state index contributed by atoms with van der Waals surface area (Å²) in [4.78, 5) is 9.83. The summed E-state index contributed by atoms with van der Waals surface area (Å²) < 4.78 is 13.7. The average Bonchev–Trinajstić information content (AvgIpc) is 2.64. The third-order valence-electron chi connectivity index (χ3n) is 1.99. The molecule has 0 aliphatic rings. The third-order valence-corrected chi connectivity index (χ3v) is 1.99. The highest BCUT2D eigenvalue weighted by Crippen LogP contribution is 2.31. The fourth-order valence-corrected chi connectivity index (χ4v) is 1.28. The van der Waals surface area contributed by atoms with E-state index < -0.39 is 22.2 Å². The van der Waals surface area contributed by atoms with Gasteiger partial charge in [0.25, 0.3) is 0 Å². The van der Waals surface area contributed by atoms with Crippen LogP contribution in [0, 0.1) is 15.9 Å². The first kappa shape index (κ1) is 10.1. The predicted molar refractivity (Wildman–Crippen MR) is 51.8 cm³/mol. The first-order valence-electron chi connectivity index (χ1n) is 4.26. The van der Waals surface area contributed by atoms with Gasteiger partial charge >= 0.3 is 5.69 Å². The van der Waals surface area contributed by atoms with Gasteiger partial charge < -0.3 is 5.11 Å². The normalized spacial score (nSPS) is 10.3. The van der Waals surface area contributed by atoms with E-state index in [9.17, 15) is 19.6 Å². The number of aromatic hydroxyl groups is 1. The number of nitrogens with zero attached hydrogens (tertiary/aromatic N) is 3. The molecule has 0 amide bonds. The van der Waals surface area contributed by atoms with Crippen LogP contribution in [0.25, 0.3) is 5.69 Å². The van der Waals surface area contributed by atoms with Crippen molar-refractivity contribution in [3.8, 4) is 11.4 Å². The number of halogens is 1. The molecule has 0 bridgehead atoms. The van der Waals surface area contributed by atoms with Crippen LogP contribution in [-0.2, 0) is 0 Å². The van der Waals surface area contributed by atoms with Crippen LogP contribution in [0.15, 0.2) is 30.6 Å². The van der Waals surface area contributed by atoms with Crippen molar-refractivity contribution in [3.63, 3.8) is 0 Å². The van der Waals surface area contributed by atoms with Gasteiger partial charge in [0.1, 0.15) is 5.69 Å². The fraction of sp³-hybridized carbons (Fsp3) is 0. The molecule has 82 valence electrons. The van der Waals surface area contributed by atoms with E-state index in [0.29, 0.717) is 0 Å². The molecule has 1 N–H and O–H groups in total. The summed E-state index contributed by atoms with van der Waals surface area (Å²) in [7, 11) is 0. The lowest BCUT2D eigenvalue weighted by molar-refractivity contribution is -0.385. The van der Waals surface area contributed by atoms with Crippen molar-refractivity contribution in [1.82, 2.24) is 9.78 Å². The van der Waals surface area contributed by atoms with Crippen molar-refractivity contribution in [2.75, 3.05) is 0 Å². The Morgan fingerprint density at radius 2 is 2.25 bits per heavy atom. The van der Waals surface area contributed by atoms with Crippen LogP contribution in [-0.4, -0.2) is 19.8 Å². The van der Waals surface area contributed by atoms with Gasteiger partial charge in [-0.15, -0.1) is 0 Å². The zero-order chi connectivity index (χ0) is 11.7. The fourth-order valence-electron chi connectivity index (χ4n) is 1.28. The minimum absolute atomic E-state index is 0.0538. The summed E-state index contributed by atoms with van der Waals surface area (Å²) >= 11 is 0. The highest BCUT2D eigenvalue weighted by atomic mass is 19.1. The summed E-state index contributed by atoms with van der Waals surface area (Å²) in [6, 6.07) is 3.93. The monoisotopic (exact) mass is 223 g/mol. The number of hydrogen-bond acceptors (Lipinski definition) is 4. The van der Waals surface area contributed by atoms with Crippen LogP contribution >= 0.6 is 0 Å². The van der Waals surface area contributed by atoms with Crippen molar-refractivity contribution in [1.29, 1.82) is 0 Å². The molecule has 7 heteroatoms. The number of phenolic OH excluding ortho intramolecular Hbond substituents is 1. The van der Waals surface area contributed by atoms with Crippen molar-refractivity contribution in [2.45, 2.75) is 0 Å². The van der Waals surface area contributed by atoms with E-state index in [1.807, 2.05) is 0 Å². The van der Waals surface area contributed by atoms with Gasteiger partial charge in [-0.25, -0.2) is 9.07 Å². The van der Waals surface area contributed by atoms with Gasteiger partial charge in [-0.1, -0.05) is 6.07 Å². The van der Waals surface area contributed by atoms with Gasteiger partial charge in [-0.3, -0.25) is 10.1 Å². The smallest absolute Gasteiger partial charge is 0.313 e. The molecule has 0 spiro atoms. The highest BCUT2D eigenvalue weighted by Gasteiger charge is 2.17. The Kier molecular flexibility index (Phi) is 2.28. The largest absolute Gasteiger partial charge is 0.501 e. The number of aromatic nitrogens is 2. The second-order valence-electron chi connectivity index (χ2n) is 3.01. The molecule has 0 aliphatic carbocycles. The number of benzene rings is 1. The molecule has 16 heavy (non-hydrogen) atoms. The molecule has 1 aromatic heterocycles. The van der Waals surface area contributed by atoms with Crippen molar-refractivity contribution >= 4 is 5.69 Å². The molecular formula is C9H6FN3O3. The SMILES string of the molecule is O=[N+]([O-])c1cccc(-n2cc(F)cn2)c1O. The van der Waals surface area contributed by atoms with Crippen LogP contribution < -0.4 is 0 Å². The molecule has 0 unspecified atom stereocenters. The van der Waals surface area contributed by atoms with E-state index in [1.165, 1.54) is 12.1 Å². The molecule has 2 aromatic rings. The molecule has 0 saturated heterocycles. The summed E-state index contributed by atoms with van der Waals surface area (Å²) in [6.45, 7) is 0. The lowest BCUT2D eigenvalue weighted by atomic mass is 10.2. The van der Waals surface area contributed by atoms with E-state index in [1.54, 1.807) is 0 Å². The van der Waals surface area contributed by atoms with E-state index in [2.05, 4.69) is 5.10 Å². The number of phenols is 1. The number of rotatable bonds is 2. The third kappa shape index (κ3) is 1.58. The van der Waals surface area contributed by atoms with Gasteiger partial charge in [-0.05, 0) is 6.07 Å². The molecule has 6 nitrogen and oxygen atoms in total. The van der Waals surface area contributed by atoms with Gasteiger partial charge in [0.15, 0.2) is 5.82 Å². The van der Waals surface area contributed by atoms with E-state index >= 15 is 0 Å². The van der Waals surface area contributed by atoms with Crippen LogP contribution in [0.2, 0.25) is 0 Å². The molecule has 0 saturated carbocycles. The summed E-state index contributed by atoms with van der Waals surface area (Å²) in [6.07, 6.45) is 1.96. The van der Waals surface area contributed by atoms with Crippen LogP contribution in [0.5, 0.6) is 5.75 Å². The Morgan fingerprint density at radius 1 is 1.50 bits per heavy atom. The molecule has 1 heterocycles. The van der Waals surface area contributed by atoms with Crippen LogP contribution in [0.3, 0.4) is 0 Å². The van der Waals surface area contributed by atoms with Gasteiger partial charge in [0.05, 0.1) is 17.3 Å². The van der Waals surface area contributed by atoms with E-state index in [4.69, 9.17) is 0 Å². The first-order chi connectivity index (χ1) is 7.59. The number of nitro benzene ring substituents is 1. The summed E-state index contributed by atoms with van der Waals surface area (Å²) in [5, 5.41) is 23.8. The van der Waals surface area contributed by atoms with Crippen molar-refractivity contribution in [2.24, 2.45) is 0 Å². The standard InChI is InChI=1S/C9H6FN3O3/c10-6-4-11-12(5-6)7-2-1-3-8(9(7)14)13(15)16/h1-5,14H. The van der Waals surface area contributed by atoms with Gasteiger partial charge in [0.2, 0.25) is 5.75 Å². The van der Waals surface area contributed by atoms with Crippen LogP contribution in [0.4, 0.5) is 10.1 Å². The number of para-hydroxylation sites is 1. The molecule has 0 fully saturated rings. The summed E-state index contributed by atoms with van der Waals surface area (Å²) in [5.41, 5.74) is -0.397. The second kappa shape index (κ2) is 3.61. The maximum atomic E-state index is 12.7. The topological polar surface area (TPSA) is 81.2 Å². The zero-order valence-corrected chi connectivity index (χ0v) is 7.87. The lowest BCUT2D eigenvalue weighted by Crippen LogP contribution is -1.97.